The predicted molar refractivity (Wildman–Crippen MR) is 79.0 cm³/mol. The van der Waals surface area contributed by atoms with Crippen molar-refractivity contribution in [3.63, 3.8) is 0 Å². The zero-order chi connectivity index (χ0) is 26.0. The van der Waals surface area contributed by atoms with Gasteiger partial charge in [0.25, 0.3) is 0 Å². The Bertz CT molecular complexity index is 833. The van der Waals surface area contributed by atoms with Crippen molar-refractivity contribution in [2.24, 2.45) is 0 Å². The first-order valence-corrected chi connectivity index (χ1v) is 9.04. The van der Waals surface area contributed by atoms with Gasteiger partial charge in [0.15, 0.2) is 0 Å². The Kier molecular flexibility index (Phi) is 8.75. The van der Waals surface area contributed by atoms with Gasteiger partial charge in [-0.25, -0.2) is 9.59 Å². The molecule has 32 heavy (non-hydrogen) atoms. The summed E-state index contributed by atoms with van der Waals surface area (Å²) in [6.07, 6.45) is -16.3. The van der Waals surface area contributed by atoms with E-state index in [-0.39, 0.29) is 0 Å². The van der Waals surface area contributed by atoms with Crippen LogP contribution in [0.3, 0.4) is 0 Å². The predicted octanol–water partition coefficient (Wildman–Crippen LogP) is 3.29. The van der Waals surface area contributed by atoms with Crippen molar-refractivity contribution < 1.29 is 81.0 Å². The monoisotopic (exact) mass is 518 g/mol. The number of hydrogen-bond acceptors (Lipinski definition) is 6. The zero-order valence-electron chi connectivity index (χ0n) is 15.1. The summed E-state index contributed by atoms with van der Waals surface area (Å²) < 4.78 is 165. The maximum absolute atomic E-state index is 13.3. The average Bonchev–Trinajstić information content (AvgIpc) is 2.56. The summed E-state index contributed by atoms with van der Waals surface area (Å²) in [6.45, 7) is 0.486. The summed E-state index contributed by atoms with van der Waals surface area (Å²) in [4.78, 5) is 22.2. The topological polar surface area (TPSA) is 127 Å². The summed E-state index contributed by atoms with van der Waals surface area (Å²) in [5.41, 5.74) is -2.55. The van der Waals surface area contributed by atoms with Crippen LogP contribution in [-0.4, -0.2) is 65.9 Å². The molecule has 0 amide bonds. The summed E-state index contributed by atoms with van der Waals surface area (Å²) >= 11 is 0. The third-order valence-electron chi connectivity index (χ3n) is 3.42. The largest absolute Gasteiger partial charge is 0.476 e. The van der Waals surface area contributed by atoms with Gasteiger partial charge in [0.1, 0.15) is 5.57 Å². The minimum absolute atomic E-state index is 1.14. The highest BCUT2D eigenvalue weighted by molar-refractivity contribution is 7.87. The molecule has 0 aliphatic carbocycles. The fourth-order valence-corrected chi connectivity index (χ4v) is 2.18. The molecule has 0 rings (SSSR count). The lowest BCUT2D eigenvalue weighted by atomic mass is 10.1. The standard InChI is InChI=1S/C13H12F10O8S/c1-6(11(16,17)18)7(24)31-10(8(25)26,12(19,20)21)30-5-3-2-4-9(14,15)13(22,23)32(27,28)29/h1-5H2,(H,25,26)(H,27,28,29). The molecule has 0 fully saturated rings. The Morgan fingerprint density at radius 2 is 1.38 bits per heavy atom. The molecule has 0 aliphatic rings. The molecule has 0 saturated carbocycles. The number of carbonyl (C=O) groups excluding carboxylic acids is 1. The van der Waals surface area contributed by atoms with Gasteiger partial charge in [0.05, 0.1) is 6.61 Å². The highest BCUT2D eigenvalue weighted by atomic mass is 32.2. The van der Waals surface area contributed by atoms with Crippen LogP contribution in [0.15, 0.2) is 12.2 Å². The molecular formula is C13H12F10O8S. The van der Waals surface area contributed by atoms with Crippen molar-refractivity contribution in [3.05, 3.63) is 12.2 Å². The van der Waals surface area contributed by atoms with E-state index in [0.717, 1.165) is 0 Å². The van der Waals surface area contributed by atoms with E-state index in [9.17, 15) is 61.9 Å². The Labute approximate surface area is 171 Å². The van der Waals surface area contributed by atoms with E-state index in [2.05, 4.69) is 16.1 Å². The number of alkyl halides is 10. The van der Waals surface area contributed by atoms with E-state index in [4.69, 9.17) is 9.66 Å². The van der Waals surface area contributed by atoms with Crippen molar-refractivity contribution in [1.29, 1.82) is 0 Å². The number of aliphatic carboxylic acids is 1. The number of hydrogen-bond donors (Lipinski definition) is 2. The summed E-state index contributed by atoms with van der Waals surface area (Å²) in [7, 11) is -6.59. The van der Waals surface area contributed by atoms with E-state index < -0.39 is 82.8 Å². The lowest BCUT2D eigenvalue weighted by Crippen LogP contribution is -2.58. The van der Waals surface area contributed by atoms with Gasteiger partial charge in [-0.1, -0.05) is 6.58 Å². The molecule has 2 N–H and O–H groups in total. The van der Waals surface area contributed by atoms with Gasteiger partial charge in [-0.3, -0.25) is 4.55 Å². The maximum atomic E-state index is 13.3. The first-order valence-electron chi connectivity index (χ1n) is 7.60. The Morgan fingerprint density at radius 1 is 0.906 bits per heavy atom. The van der Waals surface area contributed by atoms with Crippen molar-refractivity contribution in [2.75, 3.05) is 6.61 Å². The van der Waals surface area contributed by atoms with Crippen molar-refractivity contribution in [1.82, 2.24) is 0 Å². The number of ether oxygens (including phenoxy) is 2. The smallest absolute Gasteiger partial charge is 0.468 e. The Hall–Kier alpha value is -2.15. The number of carbonyl (C=O) groups is 2. The molecule has 0 radical (unpaired) electrons. The number of carboxylic acid groups (broad SMARTS) is 1. The second kappa shape index (κ2) is 9.38. The highest BCUT2D eigenvalue weighted by Crippen LogP contribution is 2.42. The van der Waals surface area contributed by atoms with E-state index in [0.29, 0.717) is 0 Å². The lowest BCUT2D eigenvalue weighted by molar-refractivity contribution is -0.354. The molecule has 1 atom stereocenters. The number of unbranched alkanes of at least 4 members (excludes halogenated alkanes) is 1. The normalized spacial score (nSPS) is 15.7. The molecule has 1 unspecified atom stereocenters. The van der Waals surface area contributed by atoms with E-state index in [1.165, 1.54) is 0 Å². The van der Waals surface area contributed by atoms with Crippen LogP contribution in [0.25, 0.3) is 0 Å². The molecule has 19 heteroatoms. The Morgan fingerprint density at radius 3 is 1.72 bits per heavy atom. The van der Waals surface area contributed by atoms with Crippen LogP contribution in [-0.2, 0) is 29.2 Å². The SMILES string of the molecule is C=C(C(=O)OC(OCCCCC(F)(F)C(F)(F)S(=O)(=O)O)(C(=O)O)C(F)(F)F)C(F)(F)F. The van der Waals surface area contributed by atoms with Crippen LogP contribution >= 0.6 is 0 Å². The van der Waals surface area contributed by atoms with E-state index in [1.54, 1.807) is 0 Å². The van der Waals surface area contributed by atoms with Crippen LogP contribution in [0, 0.1) is 0 Å². The third-order valence-corrected chi connectivity index (χ3v) is 4.37. The van der Waals surface area contributed by atoms with Crippen LogP contribution in [0.2, 0.25) is 0 Å². The summed E-state index contributed by atoms with van der Waals surface area (Å²) in [5.74, 6) is -16.6. The quantitative estimate of drug-likeness (QED) is 0.107. The first kappa shape index (κ1) is 29.9. The number of rotatable bonds is 11. The zero-order valence-corrected chi connectivity index (χ0v) is 15.9. The third kappa shape index (κ3) is 6.44. The molecular weight excluding hydrogens is 506 g/mol. The molecule has 0 heterocycles. The molecule has 0 bridgehead atoms. The van der Waals surface area contributed by atoms with Crippen molar-refractivity contribution >= 4 is 22.1 Å². The van der Waals surface area contributed by atoms with Crippen molar-refractivity contribution in [2.45, 2.75) is 48.6 Å². The number of carboxylic acids is 1. The van der Waals surface area contributed by atoms with Gasteiger partial charge in [-0.05, 0) is 12.8 Å². The van der Waals surface area contributed by atoms with Gasteiger partial charge in [-0.2, -0.15) is 52.3 Å². The van der Waals surface area contributed by atoms with E-state index >= 15 is 0 Å². The molecule has 188 valence electrons. The van der Waals surface area contributed by atoms with Crippen LogP contribution in [0.5, 0.6) is 0 Å². The average molecular weight is 518 g/mol. The Balaban J connectivity index is 5.43. The summed E-state index contributed by atoms with van der Waals surface area (Å²) in [5, 5.41) is 2.75. The molecule has 0 saturated heterocycles. The first-order chi connectivity index (χ1) is 13.9. The highest BCUT2D eigenvalue weighted by Gasteiger charge is 2.68. The van der Waals surface area contributed by atoms with E-state index in [1.807, 2.05) is 0 Å². The number of esters is 1. The van der Waals surface area contributed by atoms with Crippen LogP contribution in [0.4, 0.5) is 43.9 Å². The number of halogens is 10. The molecule has 0 aromatic rings. The summed E-state index contributed by atoms with van der Waals surface area (Å²) in [6, 6.07) is 0. The molecule has 8 nitrogen and oxygen atoms in total. The lowest BCUT2D eigenvalue weighted by Gasteiger charge is -2.31. The maximum Gasteiger partial charge on any atom is 0.468 e. The van der Waals surface area contributed by atoms with Crippen LogP contribution in [0.1, 0.15) is 19.3 Å². The molecule has 0 spiro atoms. The van der Waals surface area contributed by atoms with Crippen LogP contribution < -0.4 is 0 Å². The fourth-order valence-electron chi connectivity index (χ4n) is 1.70. The van der Waals surface area contributed by atoms with Gasteiger partial charge < -0.3 is 14.6 Å². The second-order valence-electron chi connectivity index (χ2n) is 5.79. The molecule has 0 aromatic carbocycles. The second-order valence-corrected chi connectivity index (χ2v) is 7.25. The molecule has 0 aromatic heterocycles. The van der Waals surface area contributed by atoms with Gasteiger partial charge in [0.2, 0.25) is 0 Å². The van der Waals surface area contributed by atoms with Gasteiger partial charge in [0, 0.05) is 6.42 Å². The van der Waals surface area contributed by atoms with Gasteiger partial charge >= 0.3 is 51.4 Å². The fraction of sp³-hybridized carbons (Fsp3) is 0.692. The molecule has 0 aliphatic heterocycles. The minimum Gasteiger partial charge on any atom is -0.476 e. The van der Waals surface area contributed by atoms with Crippen molar-refractivity contribution in [3.8, 4) is 0 Å². The van der Waals surface area contributed by atoms with Gasteiger partial charge in [-0.15, -0.1) is 0 Å². The minimum atomic E-state index is -6.59.